The average Bonchev–Trinajstić information content (AvgIpc) is 1.68. The van der Waals surface area contributed by atoms with Crippen molar-refractivity contribution in [2.45, 2.75) is 92.0 Å². The number of rotatable bonds is 21. The normalized spacial score (nSPS) is 16.9. The van der Waals surface area contributed by atoms with Crippen molar-refractivity contribution >= 4 is 53.0 Å². The van der Waals surface area contributed by atoms with Gasteiger partial charge in [-0.25, -0.2) is 62.4 Å². The first-order valence-electron chi connectivity index (χ1n) is 38.2. The second kappa shape index (κ2) is 31.7. The fourth-order valence-corrected chi connectivity index (χ4v) is 12.7. The number of hydrogen-bond acceptors (Lipinski definition) is 21. The molecule has 12 aromatic rings. The number of nitrogens with zero attached hydrogens (tertiary/aromatic N) is 21. The Hall–Kier alpha value is -12.4. The van der Waals surface area contributed by atoms with Crippen LogP contribution >= 0.6 is 0 Å². The van der Waals surface area contributed by atoms with Crippen LogP contribution in [0.4, 0.5) is 52.9 Å². The number of methoxy groups -OCH3 is 3. The van der Waals surface area contributed by atoms with Gasteiger partial charge in [0.2, 0.25) is 17.8 Å². The summed E-state index contributed by atoms with van der Waals surface area (Å²) in [6.07, 6.45) is 15.0. The van der Waals surface area contributed by atoms with Crippen LogP contribution in [0.25, 0.3) is 34.2 Å². The van der Waals surface area contributed by atoms with Gasteiger partial charge in [-0.2, -0.15) is 15.3 Å². The van der Waals surface area contributed by atoms with Gasteiger partial charge in [-0.05, 0) is 103 Å². The summed E-state index contributed by atoms with van der Waals surface area (Å²) < 4.78 is 147. The van der Waals surface area contributed by atoms with E-state index in [9.17, 15) is 31.9 Å². The zero-order valence-electron chi connectivity index (χ0n) is 68.6. The topological polar surface area (TPSA) is 309 Å². The van der Waals surface area contributed by atoms with Crippen molar-refractivity contribution < 1.29 is 58.5 Å². The summed E-state index contributed by atoms with van der Waals surface area (Å²) in [4.78, 5) is 85.9. The molecule has 0 saturated carbocycles. The summed E-state index contributed by atoms with van der Waals surface area (Å²) in [5.41, 5.74) is 7.82. The number of hydrogen-bond donors (Lipinski definition) is 3. The molecule has 3 N–H and O–H groups in total. The van der Waals surface area contributed by atoms with Crippen LogP contribution in [0.2, 0.25) is 0 Å². The van der Waals surface area contributed by atoms with Crippen LogP contribution < -0.4 is 16.0 Å². The van der Waals surface area contributed by atoms with Crippen LogP contribution in [0.1, 0.15) is 88.7 Å². The van der Waals surface area contributed by atoms with Gasteiger partial charge in [0.05, 0.1) is 86.0 Å². The summed E-state index contributed by atoms with van der Waals surface area (Å²) in [5, 5.41) is 21.7. The molecule has 0 saturated heterocycles. The number of aryl methyl sites for hydroxylation is 8. The molecule has 108 heavy (non-hydrogen) atoms. The van der Waals surface area contributed by atoms with Crippen molar-refractivity contribution in [1.29, 1.82) is 0 Å². The molecule has 30 nitrogen and oxygen atoms in total. The van der Waals surface area contributed by atoms with E-state index in [1.807, 2.05) is 20.8 Å². The number of amides is 3. The molecule has 3 aromatic carbocycles. The fraction of sp³-hybridized carbons (Fsp3) is 0.311. The van der Waals surface area contributed by atoms with Crippen molar-refractivity contribution in [2.75, 3.05) is 56.9 Å². The van der Waals surface area contributed by atoms with E-state index >= 15 is 0 Å². The lowest BCUT2D eigenvalue weighted by Crippen LogP contribution is -2.49. The van der Waals surface area contributed by atoms with Crippen molar-refractivity contribution in [3.05, 3.63) is 214 Å². The van der Waals surface area contributed by atoms with Crippen molar-refractivity contribution in [3.63, 3.8) is 0 Å². The number of aromatic nitrogens is 18. The molecule has 558 valence electrons. The minimum absolute atomic E-state index is 0.0943. The maximum Gasteiger partial charge on any atom is 0.290 e. The number of benzene rings is 3. The van der Waals surface area contributed by atoms with E-state index in [-0.39, 0.29) is 88.2 Å². The number of nitrogens with one attached hydrogen (secondary N) is 3. The highest BCUT2D eigenvalue weighted by atomic mass is 19.2. The van der Waals surface area contributed by atoms with Crippen molar-refractivity contribution in [1.82, 2.24) is 103 Å². The molecule has 12 heterocycles. The lowest BCUT2D eigenvalue weighted by atomic mass is 10.1. The minimum atomic E-state index is -2.67. The monoisotopic (exact) mass is 1480 g/mol. The minimum Gasteiger partial charge on any atom is -0.382 e. The quantitative estimate of drug-likeness (QED) is 0.0564. The summed E-state index contributed by atoms with van der Waals surface area (Å²) in [6.45, 7) is 8.94. The Balaban J connectivity index is 0.000000152. The molecule has 0 spiro atoms. The van der Waals surface area contributed by atoms with Gasteiger partial charge in [0, 0.05) is 137 Å². The van der Waals surface area contributed by atoms with E-state index < -0.39 is 68.6 Å². The van der Waals surface area contributed by atoms with Gasteiger partial charge in [0.25, 0.3) is 17.7 Å². The Morgan fingerprint density at radius 1 is 0.417 bits per heavy atom. The van der Waals surface area contributed by atoms with Crippen LogP contribution in [0.3, 0.4) is 0 Å². The van der Waals surface area contributed by atoms with Crippen LogP contribution in [0.5, 0.6) is 0 Å². The number of ether oxygens (including phenoxy) is 3. The molecular formula is C74H78F4N24O6. The number of fused-ring (bicyclic) bond motifs is 3. The second-order valence-corrected chi connectivity index (χ2v) is 26.0. The van der Waals surface area contributed by atoms with Crippen LogP contribution in [0, 0.1) is 57.9 Å². The zero-order valence-corrected chi connectivity index (χ0v) is 59.6. The molecule has 3 aliphatic rings. The predicted molar refractivity (Wildman–Crippen MR) is 389 cm³/mol. The lowest BCUT2D eigenvalue weighted by Gasteiger charge is -2.35. The summed E-state index contributed by atoms with van der Waals surface area (Å²) in [5.74, 6) is -0.517. The van der Waals surface area contributed by atoms with Gasteiger partial charge in [-0.3, -0.25) is 28.4 Å². The Labute approximate surface area is 630 Å². The second-order valence-electron chi connectivity index (χ2n) is 26.0. The molecule has 0 aliphatic carbocycles. The Morgan fingerprint density at radius 2 is 0.731 bits per heavy atom. The van der Waals surface area contributed by atoms with E-state index in [1.165, 1.54) is 32.9 Å². The van der Waals surface area contributed by atoms with Crippen molar-refractivity contribution in [3.8, 4) is 34.2 Å². The average molecular weight is 1480 g/mol. The fourth-order valence-electron chi connectivity index (χ4n) is 12.7. The standard InChI is InChI=1S/2C25H27FN8O2.C24H24F2N8O2/c2*1-15-9-17(5-6-19(15)26)11-34-18(14-36-4)12-33-13-20(29-23(33)24(34)35)22-16(2)10-27-25(31-22)30-21-7-8-28-32(21)3;1-14-9-27-24(30-20-6-7-28-32(20)2)31-21(14)19-12-33-11-16(13-36-3)34(23(35)22(33)29-19)10-15-4-5-17(25)18(26)8-15/h2*5-10,13,18H,11-12,14H2,1-4H3,(H,27,30,31);4-9,12,16H,10-11,13H2,1-3H3,(H,27,30,31)/t18-;;16-/m1.0/s1/i2*4D3;3D3. The first-order chi connectivity index (χ1) is 55.4. The number of carbonyl (C=O) groups excluding carboxylic acids is 3. The van der Waals surface area contributed by atoms with Gasteiger partial charge < -0.3 is 58.6 Å². The van der Waals surface area contributed by atoms with Gasteiger partial charge in [-0.15, -0.1) is 0 Å². The van der Waals surface area contributed by atoms with E-state index in [0.717, 1.165) is 28.8 Å². The Bertz CT molecular complexity index is 5150. The van der Waals surface area contributed by atoms with E-state index in [4.69, 9.17) is 26.5 Å². The molecule has 0 fully saturated rings. The molecule has 3 atom stereocenters. The third-order valence-corrected chi connectivity index (χ3v) is 18.4. The van der Waals surface area contributed by atoms with Crippen molar-refractivity contribution in [2.24, 2.45) is 21.1 Å². The highest BCUT2D eigenvalue weighted by molar-refractivity contribution is 5.94. The van der Waals surface area contributed by atoms with Crippen LogP contribution in [-0.4, -0.2) is 179 Å². The molecule has 9 aromatic heterocycles. The first-order valence-corrected chi connectivity index (χ1v) is 33.7. The lowest BCUT2D eigenvalue weighted by molar-refractivity contribution is 0.0376. The highest BCUT2D eigenvalue weighted by Crippen LogP contribution is 2.32. The summed E-state index contributed by atoms with van der Waals surface area (Å²) in [6, 6.07) is 16.0. The Morgan fingerprint density at radius 3 is 1.02 bits per heavy atom. The number of carbonyl (C=O) groups is 3. The predicted octanol–water partition coefficient (Wildman–Crippen LogP) is 9.56. The molecule has 0 radical (unpaired) electrons. The zero-order chi connectivity index (χ0) is 83.7. The smallest absolute Gasteiger partial charge is 0.290 e. The Kier molecular flexibility index (Phi) is 18.5. The molecule has 3 aliphatic heterocycles. The first kappa shape index (κ1) is 62.9. The third-order valence-electron chi connectivity index (χ3n) is 18.4. The van der Waals surface area contributed by atoms with Gasteiger partial charge >= 0.3 is 0 Å². The molecule has 0 bridgehead atoms. The third kappa shape index (κ3) is 15.9. The number of anilines is 6. The maximum atomic E-state index is 13.9. The van der Waals surface area contributed by atoms with E-state index in [1.54, 1.807) is 161 Å². The van der Waals surface area contributed by atoms with Crippen LogP contribution in [-0.2, 0) is 74.6 Å². The largest absolute Gasteiger partial charge is 0.382 e. The molecule has 15 rings (SSSR count). The SMILES string of the molecule is [2H]C([2H])([2H])OCC1Cn2cc(-c3nc(Nc4ccnn4C)ncc3C)nc2C(=O)N1Cc1ccc(F)c(C)c1.[2H]C([2H])([2H])OC[C@@H]1Cn2cc(-c3nc(Nc4ccnn4C)ncc3C)nc2C(=O)N1Cc1ccc(F)c(F)c1.[2H]C([2H])([2H])OC[C@H]1Cn2cc(-c3nc(Nc4ccnn4C)ncc3C)nc2C(=O)N1Cc1ccc(F)c(C)c1. The maximum absolute atomic E-state index is 13.9. The highest BCUT2D eigenvalue weighted by Gasteiger charge is 2.38. The van der Waals surface area contributed by atoms with Gasteiger partial charge in [0.1, 0.15) is 46.2 Å². The summed E-state index contributed by atoms with van der Waals surface area (Å²) in [7, 11) is -2.55. The number of halogens is 4. The van der Waals surface area contributed by atoms with E-state index in [0.29, 0.717) is 97.3 Å². The van der Waals surface area contributed by atoms with Crippen LogP contribution in [0.15, 0.2) is 129 Å². The summed E-state index contributed by atoms with van der Waals surface area (Å²) >= 11 is 0. The molecule has 1 unspecified atom stereocenters. The van der Waals surface area contributed by atoms with E-state index in [2.05, 4.69) is 76.1 Å². The molecular weight excluding hydrogens is 1400 g/mol. The van der Waals surface area contributed by atoms with Gasteiger partial charge in [-0.1, -0.05) is 30.3 Å². The molecule has 3 amide bonds. The molecule has 34 heteroatoms. The van der Waals surface area contributed by atoms with Gasteiger partial charge in [0.15, 0.2) is 29.1 Å². The number of imidazole rings is 3.